The van der Waals surface area contributed by atoms with E-state index in [9.17, 15) is 8.42 Å². The lowest BCUT2D eigenvalue weighted by molar-refractivity contribution is 0.305. The summed E-state index contributed by atoms with van der Waals surface area (Å²) in [5.41, 5.74) is 2.68. The van der Waals surface area contributed by atoms with Crippen molar-refractivity contribution < 1.29 is 13.2 Å². The lowest BCUT2D eigenvalue weighted by Crippen LogP contribution is -2.30. The van der Waals surface area contributed by atoms with E-state index in [0.29, 0.717) is 31.2 Å². The number of nitrogens with one attached hydrogen (secondary N) is 1. The first-order valence-corrected chi connectivity index (χ1v) is 12.4. The third kappa shape index (κ3) is 5.71. The molecule has 0 aliphatic rings. The van der Waals surface area contributed by atoms with Crippen LogP contribution in [-0.4, -0.2) is 24.9 Å². The van der Waals surface area contributed by atoms with Crippen LogP contribution >= 0.6 is 0 Å². The fourth-order valence-corrected chi connectivity index (χ4v) is 4.82. The number of para-hydroxylation sites is 1. The normalized spacial score (nSPS) is 11.1. The summed E-state index contributed by atoms with van der Waals surface area (Å²) in [5, 5.41) is 3.22. The van der Waals surface area contributed by atoms with E-state index in [1.165, 1.54) is 10.5 Å². The molecule has 0 unspecified atom stereocenters. The molecular formula is C26H26N4O3S. The molecule has 0 saturated carbocycles. The van der Waals surface area contributed by atoms with E-state index in [2.05, 4.69) is 15.3 Å². The lowest BCUT2D eigenvalue weighted by Gasteiger charge is -2.22. The standard InChI is InChI=1S/C26H26N4O3S/c1-2-30(23-8-4-3-5-9-23)34(31,32)25-14-15-26(29-19-25)28-18-21-10-12-24(13-11-21)33-20-22-7-6-16-27-17-22/h3-17,19H,2,18,20H2,1H3,(H,28,29). The molecule has 174 valence electrons. The molecule has 34 heavy (non-hydrogen) atoms. The maximum Gasteiger partial charge on any atom is 0.265 e. The number of hydrogen-bond acceptors (Lipinski definition) is 6. The topological polar surface area (TPSA) is 84.4 Å². The van der Waals surface area contributed by atoms with Gasteiger partial charge < -0.3 is 10.1 Å². The molecule has 0 spiro atoms. The van der Waals surface area contributed by atoms with Gasteiger partial charge in [0.1, 0.15) is 23.1 Å². The molecule has 4 rings (SSSR count). The number of rotatable bonds is 10. The highest BCUT2D eigenvalue weighted by molar-refractivity contribution is 7.92. The number of aromatic nitrogens is 2. The van der Waals surface area contributed by atoms with Gasteiger partial charge >= 0.3 is 0 Å². The Morgan fingerprint density at radius 3 is 2.32 bits per heavy atom. The number of pyridine rings is 2. The Bertz CT molecular complexity index is 1280. The maximum atomic E-state index is 13.1. The lowest BCUT2D eigenvalue weighted by atomic mass is 10.2. The van der Waals surface area contributed by atoms with Crippen molar-refractivity contribution in [3.63, 3.8) is 0 Å². The summed E-state index contributed by atoms with van der Waals surface area (Å²) in [6.07, 6.45) is 4.90. The van der Waals surface area contributed by atoms with Crippen LogP contribution in [-0.2, 0) is 23.2 Å². The average Bonchev–Trinajstić information content (AvgIpc) is 2.88. The van der Waals surface area contributed by atoms with Gasteiger partial charge in [-0.2, -0.15) is 0 Å². The first kappa shape index (κ1) is 23.3. The number of anilines is 2. The van der Waals surface area contributed by atoms with E-state index in [0.717, 1.165) is 16.9 Å². The van der Waals surface area contributed by atoms with Crippen LogP contribution in [0, 0.1) is 0 Å². The smallest absolute Gasteiger partial charge is 0.265 e. The summed E-state index contributed by atoms with van der Waals surface area (Å²) in [5.74, 6) is 1.37. The molecule has 1 N–H and O–H groups in total. The number of ether oxygens (including phenoxy) is 1. The van der Waals surface area contributed by atoms with Crippen LogP contribution in [0.4, 0.5) is 11.5 Å². The molecule has 0 radical (unpaired) electrons. The van der Waals surface area contributed by atoms with Crippen molar-refractivity contribution in [2.24, 2.45) is 0 Å². The molecule has 2 heterocycles. The van der Waals surface area contributed by atoms with Gasteiger partial charge in [-0.3, -0.25) is 9.29 Å². The second-order valence-electron chi connectivity index (χ2n) is 7.53. The minimum Gasteiger partial charge on any atom is -0.489 e. The summed E-state index contributed by atoms with van der Waals surface area (Å²) in [7, 11) is -3.69. The zero-order chi connectivity index (χ0) is 23.8. The second-order valence-corrected chi connectivity index (χ2v) is 9.39. The summed E-state index contributed by atoms with van der Waals surface area (Å²) in [4.78, 5) is 8.53. The van der Waals surface area contributed by atoms with E-state index in [-0.39, 0.29) is 4.90 Å². The van der Waals surface area contributed by atoms with Crippen molar-refractivity contribution in [1.82, 2.24) is 9.97 Å². The van der Waals surface area contributed by atoms with E-state index >= 15 is 0 Å². The van der Waals surface area contributed by atoms with Crippen LogP contribution in [0.15, 0.2) is 102 Å². The largest absolute Gasteiger partial charge is 0.489 e. The molecule has 7 nitrogen and oxygen atoms in total. The molecule has 0 fully saturated rings. The fraction of sp³-hybridized carbons (Fsp3) is 0.154. The highest BCUT2D eigenvalue weighted by Gasteiger charge is 2.23. The van der Waals surface area contributed by atoms with Crippen molar-refractivity contribution in [2.75, 3.05) is 16.2 Å². The zero-order valence-corrected chi connectivity index (χ0v) is 19.7. The number of sulfonamides is 1. The number of hydrogen-bond donors (Lipinski definition) is 1. The third-order valence-corrected chi connectivity index (χ3v) is 7.07. The molecule has 2 aromatic heterocycles. The zero-order valence-electron chi connectivity index (χ0n) is 18.8. The van der Waals surface area contributed by atoms with Gasteiger partial charge in [0.15, 0.2) is 0 Å². The van der Waals surface area contributed by atoms with E-state index < -0.39 is 10.0 Å². The van der Waals surface area contributed by atoms with E-state index in [1.54, 1.807) is 36.7 Å². The molecule has 0 aliphatic heterocycles. The molecule has 0 bridgehead atoms. The predicted molar refractivity (Wildman–Crippen MR) is 133 cm³/mol. The quantitative estimate of drug-likeness (QED) is 0.353. The Balaban J connectivity index is 1.34. The summed E-state index contributed by atoms with van der Waals surface area (Å²) < 4.78 is 33.3. The highest BCUT2D eigenvalue weighted by Crippen LogP contribution is 2.23. The van der Waals surface area contributed by atoms with E-state index in [4.69, 9.17) is 4.74 Å². The van der Waals surface area contributed by atoms with Gasteiger partial charge in [0.25, 0.3) is 10.0 Å². The Hall–Kier alpha value is -3.91. The van der Waals surface area contributed by atoms with Crippen LogP contribution in [0.5, 0.6) is 5.75 Å². The molecule has 0 amide bonds. The number of nitrogens with zero attached hydrogens (tertiary/aromatic N) is 3. The van der Waals surface area contributed by atoms with Gasteiger partial charge in [-0.05, 0) is 55.0 Å². The third-order valence-electron chi connectivity index (χ3n) is 5.18. The SMILES string of the molecule is CCN(c1ccccc1)S(=O)(=O)c1ccc(NCc2ccc(OCc3cccnc3)cc2)nc1. The van der Waals surface area contributed by atoms with Gasteiger partial charge in [0.2, 0.25) is 0 Å². The molecule has 0 atom stereocenters. The van der Waals surface area contributed by atoms with Crippen molar-refractivity contribution >= 4 is 21.5 Å². The Morgan fingerprint density at radius 1 is 0.882 bits per heavy atom. The van der Waals surface area contributed by atoms with Crippen LogP contribution < -0.4 is 14.4 Å². The predicted octanol–water partition coefficient (Wildman–Crippen LogP) is 4.88. The highest BCUT2D eigenvalue weighted by atomic mass is 32.2. The Kier molecular flexibility index (Phi) is 7.39. The minimum absolute atomic E-state index is 0.152. The summed E-state index contributed by atoms with van der Waals surface area (Å²) in [6.45, 7) is 3.15. The molecule has 4 aromatic rings. The summed E-state index contributed by atoms with van der Waals surface area (Å²) in [6, 6.07) is 23.9. The van der Waals surface area contributed by atoms with Crippen molar-refractivity contribution in [1.29, 1.82) is 0 Å². The van der Waals surface area contributed by atoms with Gasteiger partial charge in [-0.1, -0.05) is 36.4 Å². The van der Waals surface area contributed by atoms with E-state index in [1.807, 2.05) is 61.5 Å². The number of benzene rings is 2. The molecular weight excluding hydrogens is 448 g/mol. The average molecular weight is 475 g/mol. The van der Waals surface area contributed by atoms with Crippen LogP contribution in [0.3, 0.4) is 0 Å². The van der Waals surface area contributed by atoms with Crippen LogP contribution in [0.2, 0.25) is 0 Å². The van der Waals surface area contributed by atoms with Crippen molar-refractivity contribution in [2.45, 2.75) is 25.0 Å². The van der Waals surface area contributed by atoms with Crippen molar-refractivity contribution in [3.8, 4) is 5.75 Å². The molecule has 2 aromatic carbocycles. The first-order valence-electron chi connectivity index (χ1n) is 10.9. The molecule has 0 aliphatic carbocycles. The maximum absolute atomic E-state index is 13.1. The second kappa shape index (κ2) is 10.8. The van der Waals surface area contributed by atoms with Gasteiger partial charge in [-0.15, -0.1) is 0 Å². The minimum atomic E-state index is -3.69. The summed E-state index contributed by atoms with van der Waals surface area (Å²) >= 11 is 0. The van der Waals surface area contributed by atoms with Gasteiger partial charge in [0, 0.05) is 37.2 Å². The molecule has 0 saturated heterocycles. The Labute approximate surface area is 200 Å². The van der Waals surface area contributed by atoms with Gasteiger partial charge in [-0.25, -0.2) is 13.4 Å². The van der Waals surface area contributed by atoms with Crippen LogP contribution in [0.25, 0.3) is 0 Å². The Morgan fingerprint density at radius 2 is 1.68 bits per heavy atom. The van der Waals surface area contributed by atoms with Gasteiger partial charge in [0.05, 0.1) is 5.69 Å². The molecule has 8 heteroatoms. The first-order chi connectivity index (χ1) is 16.6. The van der Waals surface area contributed by atoms with Crippen molar-refractivity contribution in [3.05, 3.63) is 109 Å². The van der Waals surface area contributed by atoms with Crippen LogP contribution in [0.1, 0.15) is 18.1 Å². The fourth-order valence-electron chi connectivity index (χ4n) is 3.40. The monoisotopic (exact) mass is 474 g/mol.